The smallest absolute Gasteiger partial charge is 0.241 e. The predicted molar refractivity (Wildman–Crippen MR) is 140 cm³/mol. The van der Waals surface area contributed by atoms with Gasteiger partial charge < -0.3 is 20.7 Å². The van der Waals surface area contributed by atoms with Crippen molar-refractivity contribution in [3.05, 3.63) is 60.7 Å². The van der Waals surface area contributed by atoms with Gasteiger partial charge in [0.05, 0.1) is 11.5 Å². The van der Waals surface area contributed by atoms with Gasteiger partial charge in [0.1, 0.15) is 5.75 Å². The molecule has 0 spiro atoms. The third kappa shape index (κ3) is 6.80. The van der Waals surface area contributed by atoms with E-state index in [0.29, 0.717) is 18.0 Å². The Morgan fingerprint density at radius 2 is 1.73 bits per heavy atom. The molecule has 0 bridgehead atoms. The summed E-state index contributed by atoms with van der Waals surface area (Å²) in [6, 6.07) is 18.5. The summed E-state index contributed by atoms with van der Waals surface area (Å²) < 4.78 is 34.4. The molecule has 0 radical (unpaired) electrons. The third-order valence-corrected chi connectivity index (χ3v) is 6.74. The Morgan fingerprint density at radius 1 is 1.00 bits per heavy atom. The second-order valence-corrected chi connectivity index (χ2v) is 10.0. The SMILES string of the molecule is CN(C)c1cccc2c(S(=O)(=O)NCCCCCOc3cccc(NC(N)=S)c3)cccc12. The Kier molecular flexibility index (Phi) is 8.49. The van der Waals surface area contributed by atoms with Crippen molar-refractivity contribution in [2.24, 2.45) is 5.73 Å². The first kappa shape index (κ1) is 24.8. The van der Waals surface area contributed by atoms with E-state index in [2.05, 4.69) is 10.0 Å². The van der Waals surface area contributed by atoms with Crippen LogP contribution in [0.15, 0.2) is 65.6 Å². The molecule has 0 aliphatic rings. The molecular formula is C24H30N4O3S2. The molecule has 33 heavy (non-hydrogen) atoms. The summed E-state index contributed by atoms with van der Waals surface area (Å²) in [7, 11) is 0.284. The number of anilines is 2. The fourth-order valence-electron chi connectivity index (χ4n) is 3.57. The molecule has 0 unspecified atom stereocenters. The summed E-state index contributed by atoms with van der Waals surface area (Å²) in [6.45, 7) is 0.916. The van der Waals surface area contributed by atoms with Gasteiger partial charge in [0, 0.05) is 48.9 Å². The van der Waals surface area contributed by atoms with Crippen LogP contribution in [0.3, 0.4) is 0 Å². The van der Waals surface area contributed by atoms with Crippen LogP contribution in [-0.4, -0.2) is 40.8 Å². The Hall–Kier alpha value is -2.88. The van der Waals surface area contributed by atoms with Gasteiger partial charge in [-0.2, -0.15) is 0 Å². The van der Waals surface area contributed by atoms with E-state index < -0.39 is 10.0 Å². The van der Waals surface area contributed by atoms with E-state index in [4.69, 9.17) is 22.7 Å². The van der Waals surface area contributed by atoms with Gasteiger partial charge in [0.15, 0.2) is 5.11 Å². The number of nitrogens with one attached hydrogen (secondary N) is 2. The largest absolute Gasteiger partial charge is 0.494 e. The van der Waals surface area contributed by atoms with E-state index in [1.807, 2.05) is 67.5 Å². The molecule has 0 aliphatic carbocycles. The molecule has 7 nitrogen and oxygen atoms in total. The maximum Gasteiger partial charge on any atom is 0.241 e. The van der Waals surface area contributed by atoms with Gasteiger partial charge in [0.25, 0.3) is 0 Å². The zero-order chi connectivity index (χ0) is 23.8. The lowest BCUT2D eigenvalue weighted by Crippen LogP contribution is -2.25. The summed E-state index contributed by atoms with van der Waals surface area (Å²) in [5, 5.41) is 4.71. The highest BCUT2D eigenvalue weighted by Crippen LogP contribution is 2.30. The van der Waals surface area contributed by atoms with Crippen molar-refractivity contribution < 1.29 is 13.2 Å². The molecule has 0 saturated heterocycles. The van der Waals surface area contributed by atoms with Crippen molar-refractivity contribution in [3.8, 4) is 5.75 Å². The summed E-state index contributed by atoms with van der Waals surface area (Å²) in [4.78, 5) is 2.28. The van der Waals surface area contributed by atoms with Crippen molar-refractivity contribution in [2.75, 3.05) is 37.5 Å². The minimum Gasteiger partial charge on any atom is -0.494 e. The van der Waals surface area contributed by atoms with Crippen molar-refractivity contribution in [1.29, 1.82) is 0 Å². The van der Waals surface area contributed by atoms with Crippen LogP contribution in [0.25, 0.3) is 10.8 Å². The quantitative estimate of drug-likeness (QED) is 0.277. The summed E-state index contributed by atoms with van der Waals surface area (Å²) >= 11 is 4.84. The number of hydrogen-bond acceptors (Lipinski definition) is 5. The first-order valence-corrected chi connectivity index (χ1v) is 12.6. The molecule has 9 heteroatoms. The van der Waals surface area contributed by atoms with E-state index in [9.17, 15) is 8.42 Å². The molecule has 0 saturated carbocycles. The normalized spacial score (nSPS) is 11.3. The van der Waals surface area contributed by atoms with E-state index >= 15 is 0 Å². The van der Waals surface area contributed by atoms with Crippen molar-refractivity contribution in [1.82, 2.24) is 4.72 Å². The number of unbranched alkanes of at least 4 members (excludes halogenated alkanes) is 2. The van der Waals surface area contributed by atoms with Crippen molar-refractivity contribution in [3.63, 3.8) is 0 Å². The Labute approximate surface area is 201 Å². The number of benzene rings is 3. The van der Waals surface area contributed by atoms with Gasteiger partial charge in [0.2, 0.25) is 10.0 Å². The fraction of sp³-hybridized carbons (Fsp3) is 0.292. The molecular weight excluding hydrogens is 456 g/mol. The van der Waals surface area contributed by atoms with E-state index in [-0.39, 0.29) is 5.11 Å². The number of nitrogens with two attached hydrogens (primary N) is 1. The molecule has 0 aliphatic heterocycles. The maximum atomic E-state index is 12.9. The number of ether oxygens (including phenoxy) is 1. The lowest BCUT2D eigenvalue weighted by Gasteiger charge is -2.17. The van der Waals surface area contributed by atoms with Crippen molar-refractivity contribution >= 4 is 49.5 Å². The second kappa shape index (κ2) is 11.3. The van der Waals surface area contributed by atoms with Gasteiger partial charge in [-0.25, -0.2) is 13.1 Å². The van der Waals surface area contributed by atoms with Gasteiger partial charge >= 0.3 is 0 Å². The standard InChI is InChI=1S/C24H30N4O3S2/c1-28(2)22-13-7-12-21-20(22)11-8-14-23(21)33(29,30)26-15-4-3-5-16-31-19-10-6-9-18(17-19)27-24(25)32/h6-14,17,26H,3-5,15-16H2,1-2H3,(H3,25,27,32). The molecule has 3 aromatic rings. The molecule has 0 atom stereocenters. The van der Waals surface area contributed by atoms with Crippen LogP contribution in [-0.2, 0) is 10.0 Å². The van der Waals surface area contributed by atoms with Crippen LogP contribution in [0.1, 0.15) is 19.3 Å². The minimum absolute atomic E-state index is 0.205. The van der Waals surface area contributed by atoms with Crippen LogP contribution >= 0.6 is 12.2 Å². The van der Waals surface area contributed by atoms with E-state index in [1.165, 1.54) is 0 Å². The van der Waals surface area contributed by atoms with Gasteiger partial charge in [-0.05, 0) is 55.7 Å². The molecule has 4 N–H and O–H groups in total. The average molecular weight is 487 g/mol. The lowest BCUT2D eigenvalue weighted by atomic mass is 10.1. The molecule has 0 amide bonds. The number of nitrogens with zero attached hydrogens (tertiary/aromatic N) is 1. The molecule has 3 rings (SSSR count). The highest BCUT2D eigenvalue weighted by atomic mass is 32.2. The molecule has 0 fully saturated rings. The average Bonchev–Trinajstić information content (AvgIpc) is 2.77. The van der Waals surface area contributed by atoms with Crippen LogP contribution in [0.2, 0.25) is 0 Å². The second-order valence-electron chi connectivity index (χ2n) is 7.85. The monoisotopic (exact) mass is 486 g/mol. The molecule has 176 valence electrons. The van der Waals surface area contributed by atoms with Crippen LogP contribution < -0.4 is 25.4 Å². The third-order valence-electron chi connectivity index (χ3n) is 5.11. The van der Waals surface area contributed by atoms with Crippen LogP contribution in [0, 0.1) is 0 Å². The Balaban J connectivity index is 1.48. The predicted octanol–water partition coefficient (Wildman–Crippen LogP) is 4.09. The van der Waals surface area contributed by atoms with E-state index in [1.54, 1.807) is 12.1 Å². The number of rotatable bonds is 11. The van der Waals surface area contributed by atoms with Crippen LogP contribution in [0.5, 0.6) is 5.75 Å². The van der Waals surface area contributed by atoms with Crippen LogP contribution in [0.4, 0.5) is 11.4 Å². The minimum atomic E-state index is -3.61. The van der Waals surface area contributed by atoms with Gasteiger partial charge in [-0.15, -0.1) is 0 Å². The zero-order valence-electron chi connectivity index (χ0n) is 18.9. The molecule has 0 aromatic heterocycles. The van der Waals surface area contributed by atoms with Crippen molar-refractivity contribution in [2.45, 2.75) is 24.2 Å². The number of sulfonamides is 1. The van der Waals surface area contributed by atoms with E-state index in [0.717, 1.165) is 47.2 Å². The zero-order valence-corrected chi connectivity index (χ0v) is 20.5. The highest BCUT2D eigenvalue weighted by Gasteiger charge is 2.17. The van der Waals surface area contributed by atoms with Gasteiger partial charge in [-0.3, -0.25) is 0 Å². The van der Waals surface area contributed by atoms with Gasteiger partial charge in [-0.1, -0.05) is 30.3 Å². The molecule has 3 aromatic carbocycles. The summed E-state index contributed by atoms with van der Waals surface area (Å²) in [5.41, 5.74) is 7.25. The highest BCUT2D eigenvalue weighted by molar-refractivity contribution is 7.89. The Bertz CT molecular complexity index is 1210. The number of fused-ring (bicyclic) bond motifs is 1. The Morgan fingerprint density at radius 3 is 2.48 bits per heavy atom. The fourth-order valence-corrected chi connectivity index (χ4v) is 4.98. The first-order valence-electron chi connectivity index (χ1n) is 10.8. The summed E-state index contributed by atoms with van der Waals surface area (Å²) in [5.74, 6) is 0.727. The summed E-state index contributed by atoms with van der Waals surface area (Å²) in [6.07, 6.45) is 2.38. The lowest BCUT2D eigenvalue weighted by molar-refractivity contribution is 0.305. The number of thiocarbonyl (C=S) groups is 1. The molecule has 0 heterocycles. The first-order chi connectivity index (χ1) is 15.8. The topological polar surface area (TPSA) is 96.7 Å². The maximum absolute atomic E-state index is 12.9. The number of hydrogen-bond donors (Lipinski definition) is 3.